The molecule has 1 aromatic carbocycles. The van der Waals surface area contributed by atoms with Crippen molar-refractivity contribution in [2.75, 3.05) is 7.05 Å². The molecule has 5 nitrogen and oxygen atoms in total. The summed E-state index contributed by atoms with van der Waals surface area (Å²) in [6.45, 7) is 2.52. The van der Waals surface area contributed by atoms with Crippen LogP contribution in [0.3, 0.4) is 0 Å². The van der Waals surface area contributed by atoms with Crippen molar-refractivity contribution in [1.82, 2.24) is 9.29 Å². The molecule has 0 amide bonds. The van der Waals surface area contributed by atoms with E-state index in [1.807, 2.05) is 13.0 Å². The lowest BCUT2D eigenvalue weighted by atomic mass is 10.2. The average molecular weight is 311 g/mol. The first kappa shape index (κ1) is 15.1. The van der Waals surface area contributed by atoms with Crippen molar-refractivity contribution in [3.05, 3.63) is 45.9 Å². The molecule has 0 saturated heterocycles. The lowest BCUT2D eigenvalue weighted by Gasteiger charge is -2.17. The van der Waals surface area contributed by atoms with Crippen LogP contribution in [-0.2, 0) is 23.1 Å². The Morgan fingerprint density at radius 2 is 2.15 bits per heavy atom. The van der Waals surface area contributed by atoms with Gasteiger partial charge in [-0.05, 0) is 24.6 Å². The highest BCUT2D eigenvalue weighted by Crippen LogP contribution is 2.20. The molecule has 108 valence electrons. The van der Waals surface area contributed by atoms with Gasteiger partial charge in [-0.1, -0.05) is 12.1 Å². The van der Waals surface area contributed by atoms with Gasteiger partial charge in [0.1, 0.15) is 0 Å². The standard InChI is InChI=1S/C13H17N3O2S2/c1-10-13(19-9-15-10)8-16(2)20(17,18)12-5-3-4-11(6-12)7-14/h3-6,9H,7-8,14H2,1-2H3. The highest BCUT2D eigenvalue weighted by atomic mass is 32.2. The van der Waals surface area contributed by atoms with Gasteiger partial charge in [-0.2, -0.15) is 4.31 Å². The van der Waals surface area contributed by atoms with E-state index in [0.29, 0.717) is 13.1 Å². The van der Waals surface area contributed by atoms with Crippen LogP contribution in [0.15, 0.2) is 34.7 Å². The minimum atomic E-state index is -3.51. The van der Waals surface area contributed by atoms with Gasteiger partial charge in [-0.25, -0.2) is 13.4 Å². The van der Waals surface area contributed by atoms with E-state index in [1.54, 1.807) is 30.8 Å². The molecule has 2 rings (SSSR count). The van der Waals surface area contributed by atoms with Crippen LogP contribution in [0.25, 0.3) is 0 Å². The number of benzene rings is 1. The molecule has 0 atom stereocenters. The highest BCUT2D eigenvalue weighted by Gasteiger charge is 2.22. The van der Waals surface area contributed by atoms with Gasteiger partial charge in [0.25, 0.3) is 0 Å². The number of hydrogen-bond donors (Lipinski definition) is 1. The number of nitrogens with zero attached hydrogens (tertiary/aromatic N) is 2. The third-order valence-electron chi connectivity index (χ3n) is 3.05. The molecule has 0 saturated carbocycles. The van der Waals surface area contributed by atoms with E-state index < -0.39 is 10.0 Å². The van der Waals surface area contributed by atoms with Crippen LogP contribution in [0, 0.1) is 6.92 Å². The maximum absolute atomic E-state index is 12.5. The minimum absolute atomic E-state index is 0.269. The summed E-state index contributed by atoms with van der Waals surface area (Å²) < 4.78 is 26.4. The summed E-state index contributed by atoms with van der Waals surface area (Å²) in [5, 5.41) is 0. The topological polar surface area (TPSA) is 76.3 Å². The number of rotatable bonds is 5. The van der Waals surface area contributed by atoms with Gasteiger partial charge in [-0.15, -0.1) is 11.3 Å². The van der Waals surface area contributed by atoms with Crippen molar-refractivity contribution >= 4 is 21.4 Å². The van der Waals surface area contributed by atoms with E-state index in [0.717, 1.165) is 16.1 Å². The summed E-state index contributed by atoms with van der Waals surface area (Å²) >= 11 is 1.46. The monoisotopic (exact) mass is 311 g/mol. The Morgan fingerprint density at radius 1 is 1.40 bits per heavy atom. The number of hydrogen-bond acceptors (Lipinski definition) is 5. The molecule has 20 heavy (non-hydrogen) atoms. The van der Waals surface area contributed by atoms with Crippen LogP contribution >= 0.6 is 11.3 Å². The summed E-state index contributed by atoms with van der Waals surface area (Å²) in [4.78, 5) is 5.35. The Balaban J connectivity index is 2.27. The summed E-state index contributed by atoms with van der Waals surface area (Å²) in [6, 6.07) is 6.73. The molecule has 0 unspecified atom stereocenters. The van der Waals surface area contributed by atoms with Crippen molar-refractivity contribution in [1.29, 1.82) is 0 Å². The van der Waals surface area contributed by atoms with Crippen LogP contribution < -0.4 is 5.73 Å². The van der Waals surface area contributed by atoms with Crippen LogP contribution in [0.5, 0.6) is 0 Å². The molecular weight excluding hydrogens is 294 g/mol. The van der Waals surface area contributed by atoms with Crippen LogP contribution in [0.1, 0.15) is 16.1 Å². The van der Waals surface area contributed by atoms with E-state index in [1.165, 1.54) is 15.6 Å². The molecule has 2 N–H and O–H groups in total. The first-order valence-electron chi connectivity index (χ1n) is 6.09. The molecule has 0 spiro atoms. The van der Waals surface area contributed by atoms with E-state index in [9.17, 15) is 8.42 Å². The van der Waals surface area contributed by atoms with Gasteiger partial charge in [0.05, 0.1) is 16.1 Å². The van der Waals surface area contributed by atoms with Gasteiger partial charge in [0.2, 0.25) is 10.0 Å². The van der Waals surface area contributed by atoms with Crippen molar-refractivity contribution in [3.8, 4) is 0 Å². The SMILES string of the molecule is Cc1ncsc1CN(C)S(=O)(=O)c1cccc(CN)c1. The normalized spacial score (nSPS) is 12.0. The third kappa shape index (κ3) is 3.06. The van der Waals surface area contributed by atoms with Gasteiger partial charge in [0.15, 0.2) is 0 Å². The minimum Gasteiger partial charge on any atom is -0.326 e. The van der Waals surface area contributed by atoms with Crippen LogP contribution in [-0.4, -0.2) is 24.8 Å². The predicted molar refractivity (Wildman–Crippen MR) is 79.8 cm³/mol. The van der Waals surface area contributed by atoms with Gasteiger partial charge >= 0.3 is 0 Å². The fourth-order valence-corrected chi connectivity index (χ4v) is 3.90. The maximum Gasteiger partial charge on any atom is 0.243 e. The summed E-state index contributed by atoms with van der Waals surface area (Å²) in [7, 11) is -1.93. The average Bonchev–Trinajstić information content (AvgIpc) is 2.84. The van der Waals surface area contributed by atoms with Crippen LogP contribution in [0.2, 0.25) is 0 Å². The zero-order valence-corrected chi connectivity index (χ0v) is 13.0. The molecule has 0 aliphatic heterocycles. The van der Waals surface area contributed by atoms with Gasteiger partial charge in [0, 0.05) is 25.0 Å². The molecule has 7 heteroatoms. The highest BCUT2D eigenvalue weighted by molar-refractivity contribution is 7.89. The molecule has 0 fully saturated rings. The fourth-order valence-electron chi connectivity index (χ4n) is 1.78. The van der Waals surface area contributed by atoms with Crippen molar-refractivity contribution in [2.45, 2.75) is 24.9 Å². The van der Waals surface area contributed by atoms with Crippen molar-refractivity contribution < 1.29 is 8.42 Å². The smallest absolute Gasteiger partial charge is 0.243 e. The second-order valence-electron chi connectivity index (χ2n) is 4.47. The van der Waals surface area contributed by atoms with E-state index in [2.05, 4.69) is 4.98 Å². The quantitative estimate of drug-likeness (QED) is 0.912. The molecule has 0 aliphatic rings. The van der Waals surface area contributed by atoms with Crippen molar-refractivity contribution in [3.63, 3.8) is 0 Å². The Hall–Kier alpha value is -1.28. The van der Waals surface area contributed by atoms with E-state index in [-0.39, 0.29) is 4.90 Å². The largest absolute Gasteiger partial charge is 0.326 e. The Labute approximate surface area is 123 Å². The maximum atomic E-state index is 12.5. The van der Waals surface area contributed by atoms with Crippen molar-refractivity contribution in [2.24, 2.45) is 5.73 Å². The Morgan fingerprint density at radius 3 is 2.75 bits per heavy atom. The Kier molecular flexibility index (Phi) is 4.54. The lowest BCUT2D eigenvalue weighted by Crippen LogP contribution is -2.26. The second-order valence-corrected chi connectivity index (χ2v) is 7.46. The number of thiazole rings is 1. The third-order valence-corrected chi connectivity index (χ3v) is 5.77. The molecule has 0 aliphatic carbocycles. The predicted octanol–water partition coefficient (Wildman–Crippen LogP) is 1.73. The molecular formula is C13H17N3O2S2. The first-order chi connectivity index (χ1) is 9.45. The Bertz CT molecular complexity index is 695. The molecule has 1 aromatic heterocycles. The lowest BCUT2D eigenvalue weighted by molar-refractivity contribution is 0.468. The zero-order chi connectivity index (χ0) is 14.8. The van der Waals surface area contributed by atoms with E-state index in [4.69, 9.17) is 5.73 Å². The summed E-state index contributed by atoms with van der Waals surface area (Å²) in [6.07, 6.45) is 0. The molecule has 0 bridgehead atoms. The number of nitrogens with two attached hydrogens (primary N) is 1. The van der Waals surface area contributed by atoms with Gasteiger partial charge < -0.3 is 5.73 Å². The fraction of sp³-hybridized carbons (Fsp3) is 0.308. The molecule has 1 heterocycles. The molecule has 0 radical (unpaired) electrons. The zero-order valence-electron chi connectivity index (χ0n) is 11.4. The van der Waals surface area contributed by atoms with E-state index >= 15 is 0 Å². The van der Waals surface area contributed by atoms with Crippen LogP contribution in [0.4, 0.5) is 0 Å². The number of aromatic nitrogens is 1. The molecule has 2 aromatic rings. The second kappa shape index (κ2) is 6.01. The van der Waals surface area contributed by atoms with Gasteiger partial charge in [-0.3, -0.25) is 0 Å². The number of sulfonamides is 1. The first-order valence-corrected chi connectivity index (χ1v) is 8.41. The number of aryl methyl sites for hydroxylation is 1. The summed E-state index contributed by atoms with van der Waals surface area (Å²) in [5.74, 6) is 0. The summed E-state index contributed by atoms with van der Waals surface area (Å²) in [5.41, 5.74) is 8.94.